The summed E-state index contributed by atoms with van der Waals surface area (Å²) in [5, 5.41) is 12.6. The molecule has 0 saturated heterocycles. The lowest BCUT2D eigenvalue weighted by molar-refractivity contribution is -0.120. The van der Waals surface area contributed by atoms with E-state index in [9.17, 15) is 9.90 Å². The summed E-state index contributed by atoms with van der Waals surface area (Å²) in [7, 11) is 0. The van der Waals surface area contributed by atoms with Crippen LogP contribution in [-0.2, 0) is 4.79 Å². The molecule has 68 valence electrons. The third kappa shape index (κ3) is 1.12. The predicted molar refractivity (Wildman–Crippen MR) is 44.4 cm³/mol. The Kier molecular flexibility index (Phi) is 1.83. The van der Waals surface area contributed by atoms with Gasteiger partial charge in [-0.25, -0.2) is 0 Å². The quantitative estimate of drug-likeness (QED) is 0.592. The minimum absolute atomic E-state index is 0.0275. The van der Waals surface area contributed by atoms with Crippen molar-refractivity contribution in [1.82, 2.24) is 5.32 Å². The minimum Gasteiger partial charge on any atom is -0.392 e. The standard InChI is InChI=1S/C9H15NO2/c1-5(11)10-8-4-6-2-3-7(8)9(6)12/h6-9,12H,2-4H2,1H3,(H,10,11)/t6-,7+,8-,9+/m1/s1. The number of fused-ring (bicyclic) bond motifs is 2. The van der Waals surface area contributed by atoms with Gasteiger partial charge in [-0.3, -0.25) is 4.79 Å². The number of hydrogen-bond donors (Lipinski definition) is 2. The van der Waals surface area contributed by atoms with Crippen LogP contribution in [0.15, 0.2) is 0 Å². The molecule has 3 heteroatoms. The average molecular weight is 169 g/mol. The molecule has 0 aromatic rings. The van der Waals surface area contributed by atoms with Crippen molar-refractivity contribution in [3.8, 4) is 0 Å². The molecule has 2 N–H and O–H groups in total. The van der Waals surface area contributed by atoms with Crippen molar-refractivity contribution in [2.45, 2.75) is 38.3 Å². The number of hydrogen-bond acceptors (Lipinski definition) is 2. The molecule has 4 atom stereocenters. The lowest BCUT2D eigenvalue weighted by Gasteiger charge is -2.21. The zero-order valence-corrected chi connectivity index (χ0v) is 7.29. The van der Waals surface area contributed by atoms with Gasteiger partial charge in [0.1, 0.15) is 0 Å². The second-order valence-corrected chi connectivity index (χ2v) is 4.03. The SMILES string of the molecule is CC(=O)N[C@@H]1C[C@H]2CC[C@@H]1[C@H]2O. The second-order valence-electron chi connectivity index (χ2n) is 4.03. The summed E-state index contributed by atoms with van der Waals surface area (Å²) >= 11 is 0. The largest absolute Gasteiger partial charge is 0.392 e. The normalized spacial score (nSPS) is 44.8. The smallest absolute Gasteiger partial charge is 0.217 e. The van der Waals surface area contributed by atoms with Crippen molar-refractivity contribution in [2.75, 3.05) is 0 Å². The molecule has 2 saturated carbocycles. The van der Waals surface area contributed by atoms with Gasteiger partial charge in [-0.05, 0) is 25.2 Å². The molecule has 2 aliphatic rings. The van der Waals surface area contributed by atoms with E-state index in [2.05, 4.69) is 5.32 Å². The van der Waals surface area contributed by atoms with Crippen LogP contribution in [0.3, 0.4) is 0 Å². The van der Waals surface area contributed by atoms with Crippen LogP contribution in [0.4, 0.5) is 0 Å². The Morgan fingerprint density at radius 3 is 2.67 bits per heavy atom. The number of amides is 1. The first-order chi connectivity index (χ1) is 5.68. The Morgan fingerprint density at radius 1 is 1.50 bits per heavy atom. The molecule has 0 aromatic carbocycles. The third-order valence-electron chi connectivity index (χ3n) is 3.25. The van der Waals surface area contributed by atoms with E-state index in [1.165, 1.54) is 0 Å². The lowest BCUT2D eigenvalue weighted by atomic mass is 9.95. The molecule has 0 unspecified atom stereocenters. The fourth-order valence-corrected chi connectivity index (χ4v) is 2.72. The van der Waals surface area contributed by atoms with Gasteiger partial charge in [-0.2, -0.15) is 0 Å². The van der Waals surface area contributed by atoms with Gasteiger partial charge in [0.05, 0.1) is 6.10 Å². The molecular formula is C9H15NO2. The van der Waals surface area contributed by atoms with Crippen LogP contribution in [0.2, 0.25) is 0 Å². The fraction of sp³-hybridized carbons (Fsp3) is 0.889. The predicted octanol–water partition coefficient (Wildman–Crippen LogP) is 0.282. The van der Waals surface area contributed by atoms with E-state index in [0.29, 0.717) is 11.8 Å². The summed E-state index contributed by atoms with van der Waals surface area (Å²) in [6, 6.07) is 0.247. The summed E-state index contributed by atoms with van der Waals surface area (Å²) in [5.74, 6) is 0.811. The van der Waals surface area contributed by atoms with Gasteiger partial charge in [0, 0.05) is 18.9 Å². The van der Waals surface area contributed by atoms with Gasteiger partial charge in [0.25, 0.3) is 0 Å². The molecule has 0 radical (unpaired) electrons. The first-order valence-electron chi connectivity index (χ1n) is 4.63. The lowest BCUT2D eigenvalue weighted by Crippen LogP contribution is -2.38. The third-order valence-corrected chi connectivity index (χ3v) is 3.25. The van der Waals surface area contributed by atoms with Crippen molar-refractivity contribution in [1.29, 1.82) is 0 Å². The van der Waals surface area contributed by atoms with Gasteiger partial charge < -0.3 is 10.4 Å². The maximum Gasteiger partial charge on any atom is 0.217 e. The van der Waals surface area contributed by atoms with E-state index in [-0.39, 0.29) is 18.1 Å². The van der Waals surface area contributed by atoms with Gasteiger partial charge in [-0.15, -0.1) is 0 Å². The van der Waals surface area contributed by atoms with E-state index in [1.54, 1.807) is 6.92 Å². The van der Waals surface area contributed by atoms with Crippen LogP contribution in [0.5, 0.6) is 0 Å². The summed E-state index contributed by atoms with van der Waals surface area (Å²) in [6.07, 6.45) is 3.05. The Morgan fingerprint density at radius 2 is 2.25 bits per heavy atom. The van der Waals surface area contributed by atoms with Crippen molar-refractivity contribution < 1.29 is 9.90 Å². The van der Waals surface area contributed by atoms with Crippen LogP contribution >= 0.6 is 0 Å². The number of aliphatic hydroxyl groups is 1. The maximum atomic E-state index is 10.8. The Balaban J connectivity index is 1.99. The average Bonchev–Trinajstić information content (AvgIpc) is 2.44. The van der Waals surface area contributed by atoms with E-state index < -0.39 is 0 Å². The topological polar surface area (TPSA) is 49.3 Å². The van der Waals surface area contributed by atoms with Gasteiger partial charge in [0.2, 0.25) is 5.91 Å². The molecule has 2 aliphatic carbocycles. The number of aliphatic hydroxyl groups excluding tert-OH is 1. The van der Waals surface area contributed by atoms with E-state index in [0.717, 1.165) is 19.3 Å². The van der Waals surface area contributed by atoms with Gasteiger partial charge >= 0.3 is 0 Å². The molecule has 1 amide bonds. The monoisotopic (exact) mass is 169 g/mol. The van der Waals surface area contributed by atoms with E-state index >= 15 is 0 Å². The number of rotatable bonds is 1. The van der Waals surface area contributed by atoms with Crippen molar-refractivity contribution in [3.63, 3.8) is 0 Å². The molecule has 2 fully saturated rings. The van der Waals surface area contributed by atoms with Crippen LogP contribution in [0.25, 0.3) is 0 Å². The van der Waals surface area contributed by atoms with E-state index in [1.807, 2.05) is 0 Å². The highest BCUT2D eigenvalue weighted by atomic mass is 16.3. The van der Waals surface area contributed by atoms with Crippen LogP contribution in [0, 0.1) is 11.8 Å². The molecular weight excluding hydrogens is 154 g/mol. The molecule has 2 rings (SSSR count). The molecule has 3 nitrogen and oxygen atoms in total. The molecule has 0 aliphatic heterocycles. The number of carbonyl (C=O) groups is 1. The first-order valence-corrected chi connectivity index (χ1v) is 4.63. The van der Waals surface area contributed by atoms with Crippen LogP contribution in [0.1, 0.15) is 26.2 Å². The van der Waals surface area contributed by atoms with Crippen LogP contribution < -0.4 is 5.32 Å². The zero-order chi connectivity index (χ0) is 8.72. The maximum absolute atomic E-state index is 10.8. The molecule has 2 bridgehead atoms. The molecule has 12 heavy (non-hydrogen) atoms. The van der Waals surface area contributed by atoms with Crippen LogP contribution in [-0.4, -0.2) is 23.2 Å². The Hall–Kier alpha value is -0.570. The molecule has 0 heterocycles. The van der Waals surface area contributed by atoms with Gasteiger partial charge in [-0.1, -0.05) is 0 Å². The van der Waals surface area contributed by atoms with Crippen molar-refractivity contribution in [3.05, 3.63) is 0 Å². The summed E-state index contributed by atoms with van der Waals surface area (Å²) < 4.78 is 0. The molecule has 0 spiro atoms. The Labute approximate surface area is 72.2 Å². The van der Waals surface area contributed by atoms with Crippen molar-refractivity contribution >= 4 is 5.91 Å². The molecule has 0 aromatic heterocycles. The minimum atomic E-state index is -0.151. The summed E-state index contributed by atoms with van der Waals surface area (Å²) in [4.78, 5) is 10.8. The highest BCUT2D eigenvalue weighted by molar-refractivity contribution is 5.73. The highest BCUT2D eigenvalue weighted by Gasteiger charge is 2.47. The highest BCUT2D eigenvalue weighted by Crippen LogP contribution is 2.44. The number of carbonyl (C=O) groups excluding carboxylic acids is 1. The summed E-state index contributed by atoms with van der Waals surface area (Å²) in [5.41, 5.74) is 0. The van der Waals surface area contributed by atoms with E-state index in [4.69, 9.17) is 0 Å². The summed E-state index contributed by atoms with van der Waals surface area (Å²) in [6.45, 7) is 1.54. The zero-order valence-electron chi connectivity index (χ0n) is 7.29. The Bertz CT molecular complexity index is 205. The van der Waals surface area contributed by atoms with Gasteiger partial charge in [0.15, 0.2) is 0 Å². The second kappa shape index (κ2) is 2.73. The van der Waals surface area contributed by atoms with Crippen molar-refractivity contribution in [2.24, 2.45) is 11.8 Å². The first kappa shape index (κ1) is 8.05. The fourth-order valence-electron chi connectivity index (χ4n) is 2.72. The number of nitrogens with one attached hydrogen (secondary N) is 1.